The highest BCUT2D eigenvalue weighted by Crippen LogP contribution is 2.43. The molecule has 92 valence electrons. The van der Waals surface area contributed by atoms with E-state index in [0.717, 1.165) is 25.9 Å². The van der Waals surface area contributed by atoms with Crippen LogP contribution in [-0.2, 0) is 4.74 Å². The average Bonchev–Trinajstić information content (AvgIpc) is 2.26. The molecule has 0 aliphatic heterocycles. The number of terminal acetylenes is 1. The predicted molar refractivity (Wildman–Crippen MR) is 68.3 cm³/mol. The molecule has 3 atom stereocenters. The first-order valence-corrected chi connectivity index (χ1v) is 6.37. The zero-order chi connectivity index (χ0) is 12.2. The minimum atomic E-state index is 0.234. The van der Waals surface area contributed by atoms with E-state index < -0.39 is 0 Å². The molecule has 0 saturated heterocycles. The topological polar surface area (TPSA) is 21.3 Å². The molecule has 0 radical (unpaired) electrons. The van der Waals surface area contributed by atoms with E-state index >= 15 is 0 Å². The van der Waals surface area contributed by atoms with Gasteiger partial charge in [0.2, 0.25) is 0 Å². The van der Waals surface area contributed by atoms with Gasteiger partial charge in [-0.05, 0) is 19.8 Å². The number of ether oxygens (including phenoxy) is 1. The molecular weight excluding hydrogens is 198 g/mol. The number of rotatable bonds is 6. The van der Waals surface area contributed by atoms with Crippen molar-refractivity contribution in [1.82, 2.24) is 5.32 Å². The van der Waals surface area contributed by atoms with Crippen molar-refractivity contribution in [3.05, 3.63) is 0 Å². The quantitative estimate of drug-likeness (QED) is 0.699. The van der Waals surface area contributed by atoms with Crippen LogP contribution in [0.2, 0.25) is 0 Å². The van der Waals surface area contributed by atoms with Crippen molar-refractivity contribution in [2.75, 3.05) is 6.61 Å². The predicted octanol–water partition coefficient (Wildman–Crippen LogP) is 2.58. The molecule has 1 saturated carbocycles. The molecular formula is C14H25NO. The Hall–Kier alpha value is -0.520. The molecule has 1 fully saturated rings. The van der Waals surface area contributed by atoms with Crippen LogP contribution < -0.4 is 5.32 Å². The Balaban J connectivity index is 2.43. The summed E-state index contributed by atoms with van der Waals surface area (Å²) in [6.07, 6.45) is 8.80. The minimum absolute atomic E-state index is 0.234. The highest BCUT2D eigenvalue weighted by molar-refractivity contribution is 5.04. The van der Waals surface area contributed by atoms with Crippen molar-refractivity contribution in [3.63, 3.8) is 0 Å². The Morgan fingerprint density at radius 2 is 2.19 bits per heavy atom. The second-order valence-corrected chi connectivity index (χ2v) is 5.23. The first kappa shape index (κ1) is 13.5. The van der Waals surface area contributed by atoms with Gasteiger partial charge in [-0.15, -0.1) is 12.3 Å². The summed E-state index contributed by atoms with van der Waals surface area (Å²) in [5.74, 6) is 2.74. The van der Waals surface area contributed by atoms with Gasteiger partial charge in [0.1, 0.15) is 0 Å². The summed E-state index contributed by atoms with van der Waals surface area (Å²) in [7, 11) is 0. The maximum atomic E-state index is 5.72. The molecule has 1 aliphatic rings. The van der Waals surface area contributed by atoms with Gasteiger partial charge in [-0.25, -0.2) is 0 Å². The van der Waals surface area contributed by atoms with Crippen molar-refractivity contribution in [1.29, 1.82) is 0 Å². The van der Waals surface area contributed by atoms with Crippen molar-refractivity contribution >= 4 is 0 Å². The molecule has 16 heavy (non-hydrogen) atoms. The Bertz CT molecular complexity index is 254. The van der Waals surface area contributed by atoms with Crippen LogP contribution in [0.1, 0.15) is 47.0 Å². The van der Waals surface area contributed by atoms with Crippen LogP contribution in [0.5, 0.6) is 0 Å². The van der Waals surface area contributed by atoms with Crippen LogP contribution in [0.15, 0.2) is 0 Å². The van der Waals surface area contributed by atoms with Gasteiger partial charge in [0, 0.05) is 30.5 Å². The van der Waals surface area contributed by atoms with E-state index in [4.69, 9.17) is 11.2 Å². The third-order valence-electron chi connectivity index (χ3n) is 3.84. The third kappa shape index (κ3) is 2.78. The van der Waals surface area contributed by atoms with Crippen LogP contribution in [-0.4, -0.2) is 24.8 Å². The molecule has 0 spiro atoms. The van der Waals surface area contributed by atoms with Crippen molar-refractivity contribution < 1.29 is 4.74 Å². The monoisotopic (exact) mass is 223 g/mol. The first-order chi connectivity index (χ1) is 7.56. The van der Waals surface area contributed by atoms with Gasteiger partial charge in [-0.3, -0.25) is 0 Å². The molecule has 0 bridgehead atoms. The highest BCUT2D eigenvalue weighted by atomic mass is 16.5. The van der Waals surface area contributed by atoms with E-state index in [-0.39, 0.29) is 5.41 Å². The lowest BCUT2D eigenvalue weighted by Crippen LogP contribution is -2.62. The molecule has 0 aromatic rings. The highest BCUT2D eigenvalue weighted by Gasteiger charge is 2.49. The normalized spacial score (nSPS) is 29.2. The molecule has 0 amide bonds. The van der Waals surface area contributed by atoms with E-state index in [9.17, 15) is 0 Å². The summed E-state index contributed by atoms with van der Waals surface area (Å²) in [5, 5.41) is 3.66. The van der Waals surface area contributed by atoms with Gasteiger partial charge in [-0.1, -0.05) is 20.8 Å². The Labute approximate surface area is 100 Å². The summed E-state index contributed by atoms with van der Waals surface area (Å²) in [6, 6.07) is 0.999. The van der Waals surface area contributed by atoms with Crippen molar-refractivity contribution in [2.24, 2.45) is 5.41 Å². The van der Waals surface area contributed by atoms with Gasteiger partial charge < -0.3 is 10.1 Å². The van der Waals surface area contributed by atoms with Crippen LogP contribution >= 0.6 is 0 Å². The summed E-state index contributed by atoms with van der Waals surface area (Å²) >= 11 is 0. The smallest absolute Gasteiger partial charge is 0.0655 e. The van der Waals surface area contributed by atoms with Gasteiger partial charge in [0.25, 0.3) is 0 Å². The van der Waals surface area contributed by atoms with E-state index in [1.165, 1.54) is 0 Å². The first-order valence-electron chi connectivity index (χ1n) is 6.37. The van der Waals surface area contributed by atoms with Crippen molar-refractivity contribution in [2.45, 2.75) is 65.1 Å². The maximum absolute atomic E-state index is 5.72. The molecule has 0 aromatic carbocycles. The SMILES string of the molecule is C#CCC(CC)NC1CC(OCC)C1(C)C. The molecule has 1 aliphatic carbocycles. The molecule has 3 unspecified atom stereocenters. The summed E-state index contributed by atoms with van der Waals surface area (Å²) < 4.78 is 5.72. The number of hydrogen-bond acceptors (Lipinski definition) is 2. The second kappa shape index (κ2) is 5.70. The van der Waals surface area contributed by atoms with Crippen LogP contribution in [0.25, 0.3) is 0 Å². The Morgan fingerprint density at radius 3 is 2.62 bits per heavy atom. The zero-order valence-corrected chi connectivity index (χ0v) is 11.0. The van der Waals surface area contributed by atoms with Crippen molar-refractivity contribution in [3.8, 4) is 12.3 Å². The Morgan fingerprint density at radius 1 is 1.50 bits per heavy atom. The average molecular weight is 223 g/mol. The molecule has 0 aromatic heterocycles. The molecule has 1 rings (SSSR count). The Kier molecular flexibility index (Phi) is 4.83. The van der Waals surface area contributed by atoms with Gasteiger partial charge in [-0.2, -0.15) is 0 Å². The van der Waals surface area contributed by atoms with Crippen LogP contribution in [0.4, 0.5) is 0 Å². The third-order valence-corrected chi connectivity index (χ3v) is 3.84. The van der Waals surface area contributed by atoms with Gasteiger partial charge >= 0.3 is 0 Å². The lowest BCUT2D eigenvalue weighted by atomic mass is 9.64. The van der Waals surface area contributed by atoms with Gasteiger partial charge in [0.15, 0.2) is 0 Å². The summed E-state index contributed by atoms with van der Waals surface area (Å²) in [4.78, 5) is 0. The zero-order valence-electron chi connectivity index (χ0n) is 11.0. The van der Waals surface area contributed by atoms with E-state index in [0.29, 0.717) is 18.2 Å². The lowest BCUT2D eigenvalue weighted by molar-refractivity contribution is -0.116. The van der Waals surface area contributed by atoms with E-state index in [2.05, 4.69) is 38.9 Å². The van der Waals surface area contributed by atoms with E-state index in [1.54, 1.807) is 0 Å². The minimum Gasteiger partial charge on any atom is -0.378 e. The maximum Gasteiger partial charge on any atom is 0.0655 e. The fourth-order valence-electron chi connectivity index (χ4n) is 2.40. The second-order valence-electron chi connectivity index (χ2n) is 5.23. The van der Waals surface area contributed by atoms with Crippen LogP contribution in [0.3, 0.4) is 0 Å². The van der Waals surface area contributed by atoms with E-state index in [1.807, 2.05) is 0 Å². The standard InChI is InChI=1S/C14H25NO/c1-6-9-11(7-2)15-12-10-13(16-8-3)14(12,4)5/h1,11-13,15H,7-10H2,2-5H3. The number of nitrogens with one attached hydrogen (secondary N) is 1. The molecule has 2 heteroatoms. The lowest BCUT2D eigenvalue weighted by Gasteiger charge is -2.52. The van der Waals surface area contributed by atoms with Gasteiger partial charge in [0.05, 0.1) is 6.10 Å². The largest absolute Gasteiger partial charge is 0.378 e. The summed E-state index contributed by atoms with van der Waals surface area (Å²) in [6.45, 7) is 9.60. The molecule has 2 nitrogen and oxygen atoms in total. The van der Waals surface area contributed by atoms with Crippen LogP contribution in [0, 0.1) is 17.8 Å². The fraction of sp³-hybridized carbons (Fsp3) is 0.857. The number of hydrogen-bond donors (Lipinski definition) is 1. The summed E-state index contributed by atoms with van der Waals surface area (Å²) in [5.41, 5.74) is 0.234. The fourth-order valence-corrected chi connectivity index (χ4v) is 2.40. The molecule has 0 heterocycles. The molecule has 1 N–H and O–H groups in total.